The summed E-state index contributed by atoms with van der Waals surface area (Å²) < 4.78 is 0. The van der Waals surface area contributed by atoms with E-state index in [9.17, 15) is 14.7 Å². The molecule has 3 rings (SSSR count). The highest BCUT2D eigenvalue weighted by molar-refractivity contribution is 5.92. The fourth-order valence-corrected chi connectivity index (χ4v) is 5.79. The second-order valence-electron chi connectivity index (χ2n) is 10.4. The molecule has 2 saturated heterocycles. The normalized spacial score (nSPS) is 23.3. The van der Waals surface area contributed by atoms with E-state index in [2.05, 4.69) is 17.9 Å². The van der Waals surface area contributed by atoms with Gasteiger partial charge in [-0.2, -0.15) is 0 Å². The van der Waals surface area contributed by atoms with Crippen LogP contribution in [0.2, 0.25) is 0 Å². The smallest absolute Gasteiger partial charge is 0.252 e. The van der Waals surface area contributed by atoms with Gasteiger partial charge in [-0.3, -0.25) is 14.5 Å². The number of nitrogens with two attached hydrogens (primary N) is 1. The number of fused-ring (bicyclic) bond motifs is 2. The summed E-state index contributed by atoms with van der Waals surface area (Å²) in [4.78, 5) is 31.0. The fraction of sp³-hybridized carbons (Fsp3) is 0.704. The Hall–Kier alpha value is -1.96. The maximum absolute atomic E-state index is 13.0. The molecule has 0 radical (unpaired) electrons. The molecule has 1 aromatic carbocycles. The van der Waals surface area contributed by atoms with Gasteiger partial charge in [-0.15, -0.1) is 0 Å². The van der Waals surface area contributed by atoms with Crippen molar-refractivity contribution in [2.75, 3.05) is 40.3 Å². The molecule has 2 aliphatic rings. The minimum absolute atomic E-state index is 0.143. The maximum atomic E-state index is 13.0. The second kappa shape index (κ2) is 12.7. The first-order valence-electron chi connectivity index (χ1n) is 13.1. The Morgan fingerprint density at radius 3 is 2.44 bits per heavy atom. The van der Waals surface area contributed by atoms with Crippen molar-refractivity contribution in [3.05, 3.63) is 35.4 Å². The molecular weight excluding hydrogens is 428 g/mol. The zero-order valence-electron chi connectivity index (χ0n) is 21.3. The molecule has 1 aromatic rings. The summed E-state index contributed by atoms with van der Waals surface area (Å²) in [5, 5.41) is 10.5. The number of carbonyl (C=O) groups is 2. The van der Waals surface area contributed by atoms with Crippen LogP contribution in [-0.4, -0.2) is 90.1 Å². The molecule has 0 spiro atoms. The van der Waals surface area contributed by atoms with Gasteiger partial charge in [-0.25, -0.2) is 0 Å². The predicted molar refractivity (Wildman–Crippen MR) is 136 cm³/mol. The van der Waals surface area contributed by atoms with Crippen LogP contribution < -0.4 is 5.73 Å². The molecule has 190 valence electrons. The van der Waals surface area contributed by atoms with Gasteiger partial charge in [-0.05, 0) is 69.8 Å². The first-order chi connectivity index (χ1) is 16.3. The van der Waals surface area contributed by atoms with Crippen molar-refractivity contribution < 1.29 is 14.7 Å². The zero-order valence-corrected chi connectivity index (χ0v) is 21.3. The summed E-state index contributed by atoms with van der Waals surface area (Å²) in [7, 11) is 3.76. The highest BCUT2D eigenvalue weighted by atomic mass is 16.3. The van der Waals surface area contributed by atoms with Gasteiger partial charge in [-0.1, -0.05) is 38.3 Å². The van der Waals surface area contributed by atoms with Crippen LogP contribution in [0.5, 0.6) is 0 Å². The number of unbranched alkanes of at least 4 members (excludes halogenated alkanes) is 3. The Balaban J connectivity index is 1.60. The molecule has 0 aliphatic carbocycles. The first kappa shape index (κ1) is 26.6. The van der Waals surface area contributed by atoms with E-state index in [0.29, 0.717) is 36.7 Å². The Bertz CT molecular complexity index is 801. The summed E-state index contributed by atoms with van der Waals surface area (Å²) in [6, 6.07) is 8.81. The van der Waals surface area contributed by atoms with Crippen molar-refractivity contribution in [2.24, 2.45) is 5.73 Å². The number of primary amides is 1. The molecule has 34 heavy (non-hydrogen) atoms. The van der Waals surface area contributed by atoms with Crippen molar-refractivity contribution in [1.29, 1.82) is 0 Å². The molecule has 3 atom stereocenters. The number of piperidine rings is 1. The van der Waals surface area contributed by atoms with E-state index < -0.39 is 6.10 Å². The third-order valence-corrected chi connectivity index (χ3v) is 7.57. The lowest BCUT2D eigenvalue weighted by molar-refractivity contribution is -0.141. The minimum atomic E-state index is -0.971. The van der Waals surface area contributed by atoms with E-state index in [1.54, 1.807) is 6.07 Å². The van der Waals surface area contributed by atoms with Gasteiger partial charge in [0.2, 0.25) is 5.91 Å². The monoisotopic (exact) mass is 472 g/mol. The van der Waals surface area contributed by atoms with Gasteiger partial charge >= 0.3 is 0 Å². The minimum Gasteiger partial charge on any atom is -0.382 e. The highest BCUT2D eigenvalue weighted by Gasteiger charge is 2.41. The summed E-state index contributed by atoms with van der Waals surface area (Å²) in [6.07, 6.45) is 7.99. The predicted octanol–water partition coefficient (Wildman–Crippen LogP) is 2.83. The standard InChI is InChI=1S/C27H44N4O3/c1-4-5-6-7-13-30(27(34)25(32)19-29(2)3)14-15-31-23-11-12-24(31)18-22(17-23)20-9-8-10-21(16-20)26(28)33/h8-10,16,22-25,32H,4-7,11-15,17-19H2,1-3H3,(H2,28,33). The third-order valence-electron chi connectivity index (χ3n) is 7.57. The van der Waals surface area contributed by atoms with Crippen LogP contribution in [0.1, 0.15) is 80.1 Å². The van der Waals surface area contributed by atoms with E-state index >= 15 is 0 Å². The summed E-state index contributed by atoms with van der Waals surface area (Å²) in [6.45, 7) is 4.79. The fourth-order valence-electron chi connectivity index (χ4n) is 5.79. The molecule has 2 bridgehead atoms. The number of amides is 2. The van der Waals surface area contributed by atoms with Crippen LogP contribution in [0.4, 0.5) is 0 Å². The average Bonchev–Trinajstić information content (AvgIpc) is 3.04. The van der Waals surface area contributed by atoms with Crippen molar-refractivity contribution in [2.45, 2.75) is 82.4 Å². The number of hydrogen-bond donors (Lipinski definition) is 2. The largest absolute Gasteiger partial charge is 0.382 e. The molecular formula is C27H44N4O3. The van der Waals surface area contributed by atoms with Crippen molar-refractivity contribution >= 4 is 11.8 Å². The van der Waals surface area contributed by atoms with Gasteiger partial charge in [0.05, 0.1) is 0 Å². The van der Waals surface area contributed by atoms with Crippen LogP contribution in [0.3, 0.4) is 0 Å². The van der Waals surface area contributed by atoms with Crippen LogP contribution in [-0.2, 0) is 4.79 Å². The molecule has 3 N–H and O–H groups in total. The maximum Gasteiger partial charge on any atom is 0.252 e. The molecule has 2 amide bonds. The van der Waals surface area contributed by atoms with E-state index in [1.165, 1.54) is 24.8 Å². The van der Waals surface area contributed by atoms with E-state index in [-0.39, 0.29) is 11.8 Å². The SMILES string of the molecule is CCCCCCN(CCN1C2CCC1CC(c1cccc(C(N)=O)c1)C2)C(=O)C(O)CN(C)C. The molecule has 3 unspecified atom stereocenters. The molecule has 2 fully saturated rings. The topological polar surface area (TPSA) is 90.1 Å². The van der Waals surface area contributed by atoms with Crippen molar-refractivity contribution in [1.82, 2.24) is 14.7 Å². The van der Waals surface area contributed by atoms with Crippen LogP contribution in [0, 0.1) is 0 Å². The third kappa shape index (κ3) is 7.03. The number of likely N-dealkylation sites (N-methyl/N-ethyl adjacent to an activating group) is 1. The van der Waals surface area contributed by atoms with Gasteiger partial charge in [0.15, 0.2) is 0 Å². The summed E-state index contributed by atoms with van der Waals surface area (Å²) >= 11 is 0. The second-order valence-corrected chi connectivity index (χ2v) is 10.4. The number of nitrogens with zero attached hydrogens (tertiary/aromatic N) is 3. The summed E-state index contributed by atoms with van der Waals surface area (Å²) in [5.74, 6) is -0.0696. The number of benzene rings is 1. The lowest BCUT2D eigenvalue weighted by atomic mass is 9.84. The summed E-state index contributed by atoms with van der Waals surface area (Å²) in [5.41, 5.74) is 7.29. The van der Waals surface area contributed by atoms with E-state index in [0.717, 1.165) is 45.2 Å². The molecule has 0 aromatic heterocycles. The van der Waals surface area contributed by atoms with Gasteiger partial charge in [0.25, 0.3) is 5.91 Å². The van der Waals surface area contributed by atoms with E-state index in [4.69, 9.17) is 5.73 Å². The first-order valence-corrected chi connectivity index (χ1v) is 13.1. The quantitative estimate of drug-likeness (QED) is 0.431. The number of aliphatic hydroxyl groups excluding tert-OH is 1. The van der Waals surface area contributed by atoms with Gasteiger partial charge in [0, 0.05) is 43.8 Å². The van der Waals surface area contributed by atoms with Crippen LogP contribution >= 0.6 is 0 Å². The number of aliphatic hydroxyl groups is 1. The van der Waals surface area contributed by atoms with Crippen LogP contribution in [0.25, 0.3) is 0 Å². The Kier molecular flexibility index (Phi) is 9.92. The average molecular weight is 473 g/mol. The Morgan fingerprint density at radius 1 is 1.12 bits per heavy atom. The number of hydrogen-bond acceptors (Lipinski definition) is 5. The van der Waals surface area contributed by atoms with Gasteiger partial charge < -0.3 is 20.6 Å². The zero-order chi connectivity index (χ0) is 24.7. The molecule has 7 heteroatoms. The lowest BCUT2D eigenvalue weighted by Crippen LogP contribution is -2.49. The highest BCUT2D eigenvalue weighted by Crippen LogP contribution is 2.43. The number of carbonyl (C=O) groups excluding carboxylic acids is 2. The lowest BCUT2D eigenvalue weighted by Gasteiger charge is -2.40. The number of rotatable bonds is 13. The van der Waals surface area contributed by atoms with E-state index in [1.807, 2.05) is 36.0 Å². The van der Waals surface area contributed by atoms with Gasteiger partial charge in [0.1, 0.15) is 6.10 Å². The van der Waals surface area contributed by atoms with Crippen molar-refractivity contribution in [3.8, 4) is 0 Å². The molecule has 7 nitrogen and oxygen atoms in total. The van der Waals surface area contributed by atoms with Crippen LogP contribution in [0.15, 0.2) is 24.3 Å². The van der Waals surface area contributed by atoms with Crippen molar-refractivity contribution in [3.63, 3.8) is 0 Å². The Morgan fingerprint density at radius 2 is 1.82 bits per heavy atom. The Labute approximate surface area is 205 Å². The molecule has 2 aliphatic heterocycles. The molecule has 2 heterocycles. The molecule has 0 saturated carbocycles.